The van der Waals surface area contributed by atoms with Crippen molar-refractivity contribution < 1.29 is 28.6 Å². The van der Waals surface area contributed by atoms with E-state index >= 15 is 0 Å². The topological polar surface area (TPSA) is 78.9 Å². The van der Waals surface area contributed by atoms with Crippen molar-refractivity contribution in [3.63, 3.8) is 0 Å². The first kappa shape index (κ1) is 67.3. The summed E-state index contributed by atoms with van der Waals surface area (Å²) in [6, 6.07) is 0. The van der Waals surface area contributed by atoms with Crippen LogP contribution < -0.4 is 0 Å². The number of carbonyl (C=O) groups is 3. The third-order valence-corrected chi connectivity index (χ3v) is 11.8. The van der Waals surface area contributed by atoms with E-state index < -0.39 is 6.10 Å². The smallest absolute Gasteiger partial charge is 0.306 e. The van der Waals surface area contributed by atoms with Crippen LogP contribution in [0.5, 0.6) is 0 Å². The molecule has 0 fully saturated rings. The summed E-state index contributed by atoms with van der Waals surface area (Å²) >= 11 is 0. The fourth-order valence-electron chi connectivity index (χ4n) is 7.50. The van der Waals surface area contributed by atoms with Crippen molar-refractivity contribution in [2.45, 2.75) is 239 Å². The second-order valence-electron chi connectivity index (χ2n) is 18.6. The fourth-order valence-corrected chi connectivity index (χ4v) is 7.50. The SMILES string of the molecule is CC\C=C/C=C\C=C/C=C\C=C\C=C/CCCCCC(=O)OCC(COC(=O)CC/C=C\C/C=C\C/C=C\C/C=C\C/C=C\C/C=C\CC)OC(=O)CCCCCCCCCCCCCCCCCCCC. The molecule has 0 spiro atoms. The number of esters is 3. The molecule has 0 aromatic heterocycles. The van der Waals surface area contributed by atoms with Crippen molar-refractivity contribution in [1.29, 1.82) is 0 Å². The van der Waals surface area contributed by atoms with Gasteiger partial charge in [0.25, 0.3) is 0 Å². The van der Waals surface area contributed by atoms with Crippen LogP contribution in [-0.4, -0.2) is 37.2 Å². The normalized spacial score (nSPS) is 13.2. The van der Waals surface area contributed by atoms with E-state index in [4.69, 9.17) is 14.2 Å². The Morgan fingerprint density at radius 1 is 0.306 bits per heavy atom. The first-order chi connectivity index (χ1) is 35.5. The molecule has 0 N–H and O–H groups in total. The molecule has 0 amide bonds. The van der Waals surface area contributed by atoms with Gasteiger partial charge in [0.15, 0.2) is 6.10 Å². The van der Waals surface area contributed by atoms with Gasteiger partial charge in [0.2, 0.25) is 0 Å². The monoisotopic (exact) mass is 993 g/mol. The van der Waals surface area contributed by atoms with Gasteiger partial charge in [0, 0.05) is 19.3 Å². The largest absolute Gasteiger partial charge is 0.462 e. The molecule has 1 atom stereocenters. The quantitative estimate of drug-likeness (QED) is 0.0199. The molecule has 6 heteroatoms. The molecule has 0 radical (unpaired) electrons. The first-order valence-electron chi connectivity index (χ1n) is 28.9. The number of allylic oxidation sites excluding steroid dienone is 24. The van der Waals surface area contributed by atoms with E-state index in [2.05, 4.69) is 93.7 Å². The molecule has 0 aliphatic rings. The van der Waals surface area contributed by atoms with E-state index in [0.717, 1.165) is 83.5 Å². The summed E-state index contributed by atoms with van der Waals surface area (Å²) in [6.45, 7) is 6.28. The van der Waals surface area contributed by atoms with Crippen LogP contribution in [0.15, 0.2) is 146 Å². The lowest BCUT2D eigenvalue weighted by molar-refractivity contribution is -0.166. The second-order valence-corrected chi connectivity index (χ2v) is 18.6. The Bertz CT molecular complexity index is 1610. The molecule has 6 nitrogen and oxygen atoms in total. The number of rotatable bonds is 50. The second kappa shape index (κ2) is 58.9. The van der Waals surface area contributed by atoms with Crippen molar-refractivity contribution in [2.24, 2.45) is 0 Å². The van der Waals surface area contributed by atoms with Gasteiger partial charge >= 0.3 is 17.9 Å². The molecule has 0 bridgehead atoms. The zero-order chi connectivity index (χ0) is 52.2. The van der Waals surface area contributed by atoms with Crippen molar-refractivity contribution >= 4 is 17.9 Å². The van der Waals surface area contributed by atoms with E-state index in [1.165, 1.54) is 96.3 Å². The maximum absolute atomic E-state index is 12.9. The minimum atomic E-state index is -0.833. The maximum atomic E-state index is 12.9. The zero-order valence-corrected chi connectivity index (χ0v) is 46.1. The van der Waals surface area contributed by atoms with E-state index in [9.17, 15) is 14.4 Å². The Morgan fingerprint density at radius 3 is 1.07 bits per heavy atom. The summed E-state index contributed by atoms with van der Waals surface area (Å²) in [5.41, 5.74) is 0. The fraction of sp³-hybridized carbons (Fsp3) is 0.591. The average Bonchev–Trinajstić information content (AvgIpc) is 3.38. The molecule has 0 aromatic carbocycles. The lowest BCUT2D eigenvalue weighted by Crippen LogP contribution is -2.30. The van der Waals surface area contributed by atoms with E-state index in [1.807, 2.05) is 72.9 Å². The van der Waals surface area contributed by atoms with Gasteiger partial charge in [-0.05, 0) is 77.0 Å². The Labute approximate surface area is 442 Å². The lowest BCUT2D eigenvalue weighted by Gasteiger charge is -2.18. The zero-order valence-electron chi connectivity index (χ0n) is 46.1. The number of hydrogen-bond donors (Lipinski definition) is 0. The molecular formula is C66H104O6. The van der Waals surface area contributed by atoms with Gasteiger partial charge < -0.3 is 14.2 Å². The minimum absolute atomic E-state index is 0.129. The molecule has 0 aliphatic heterocycles. The summed E-state index contributed by atoms with van der Waals surface area (Å²) in [4.78, 5) is 38.2. The molecule has 0 aliphatic carbocycles. The number of hydrogen-bond acceptors (Lipinski definition) is 6. The summed E-state index contributed by atoms with van der Waals surface area (Å²) < 4.78 is 16.8. The van der Waals surface area contributed by atoms with E-state index in [-0.39, 0.29) is 44.0 Å². The van der Waals surface area contributed by atoms with E-state index in [1.54, 1.807) is 0 Å². The number of unbranched alkanes of at least 4 members (excludes halogenated alkanes) is 20. The van der Waals surface area contributed by atoms with Gasteiger partial charge in [-0.1, -0.05) is 282 Å². The summed E-state index contributed by atoms with van der Waals surface area (Å²) in [6.07, 6.45) is 84.2. The molecule has 0 aromatic rings. The Kier molecular flexibility index (Phi) is 55.0. The average molecular weight is 994 g/mol. The van der Waals surface area contributed by atoms with Crippen molar-refractivity contribution in [3.8, 4) is 0 Å². The first-order valence-corrected chi connectivity index (χ1v) is 28.9. The predicted octanol–water partition coefficient (Wildman–Crippen LogP) is 19.6. The minimum Gasteiger partial charge on any atom is -0.462 e. The highest BCUT2D eigenvalue weighted by Crippen LogP contribution is 2.15. The molecule has 1 unspecified atom stereocenters. The van der Waals surface area contributed by atoms with Crippen molar-refractivity contribution in [2.75, 3.05) is 13.2 Å². The van der Waals surface area contributed by atoms with Gasteiger partial charge in [-0.15, -0.1) is 0 Å². The molecule has 0 rings (SSSR count). The predicted molar refractivity (Wildman–Crippen MR) is 311 cm³/mol. The van der Waals surface area contributed by atoms with E-state index in [0.29, 0.717) is 19.3 Å². The third-order valence-electron chi connectivity index (χ3n) is 11.8. The summed E-state index contributed by atoms with van der Waals surface area (Å²) in [5, 5.41) is 0. The molecule has 404 valence electrons. The van der Waals surface area contributed by atoms with Gasteiger partial charge in [-0.25, -0.2) is 0 Å². The molecule has 0 saturated heterocycles. The van der Waals surface area contributed by atoms with Crippen LogP contribution >= 0.6 is 0 Å². The molecule has 0 heterocycles. The third kappa shape index (κ3) is 56.2. The van der Waals surface area contributed by atoms with Crippen LogP contribution in [0.1, 0.15) is 233 Å². The molecule has 72 heavy (non-hydrogen) atoms. The van der Waals surface area contributed by atoms with Crippen LogP contribution in [-0.2, 0) is 28.6 Å². The van der Waals surface area contributed by atoms with Crippen LogP contribution in [0.4, 0.5) is 0 Å². The van der Waals surface area contributed by atoms with Crippen LogP contribution in [0, 0.1) is 0 Å². The molecule has 0 saturated carbocycles. The van der Waals surface area contributed by atoms with Crippen LogP contribution in [0.25, 0.3) is 0 Å². The van der Waals surface area contributed by atoms with Gasteiger partial charge in [-0.3, -0.25) is 14.4 Å². The molecular weight excluding hydrogens is 889 g/mol. The van der Waals surface area contributed by atoms with Gasteiger partial charge in [0.05, 0.1) is 0 Å². The maximum Gasteiger partial charge on any atom is 0.306 e. The Balaban J connectivity index is 4.59. The number of carbonyl (C=O) groups excluding carboxylic acids is 3. The lowest BCUT2D eigenvalue weighted by atomic mass is 10.0. The Morgan fingerprint density at radius 2 is 0.639 bits per heavy atom. The highest BCUT2D eigenvalue weighted by molar-refractivity contribution is 5.71. The standard InChI is InChI=1S/C66H104O6/c1-4-7-10-13-16-19-22-25-28-31-33-36-38-41-44-47-50-53-56-59-65(68)71-62-63(61-70-64(67)58-55-52-49-46-43-40-37-34-30-27-24-21-18-15-12-9-6-3)72-66(69)60-57-54-51-48-45-42-39-35-32-29-26-23-20-17-14-11-8-5-2/h7,9-10,12,15-16,18-19,21,24-25,27-28,30,33-34,36-37,40-41,43-44,50,53,63H,4-6,8,11,13-14,17,20,22-23,26,29,31-32,35,38-39,42,45-49,51-52,54-62H2,1-3H3/b10-7-,12-9-,18-15-,19-16-,24-21-,28-25-,30-27-,36-33-,37-34+,43-40-,44-41-,53-50-. The van der Waals surface area contributed by atoms with Crippen LogP contribution in [0.3, 0.4) is 0 Å². The summed E-state index contributed by atoms with van der Waals surface area (Å²) in [5.74, 6) is -1.06. The van der Waals surface area contributed by atoms with Crippen molar-refractivity contribution in [3.05, 3.63) is 146 Å². The highest BCUT2D eigenvalue weighted by Gasteiger charge is 2.19. The summed E-state index contributed by atoms with van der Waals surface area (Å²) in [7, 11) is 0. The number of ether oxygens (including phenoxy) is 3. The van der Waals surface area contributed by atoms with Crippen molar-refractivity contribution in [1.82, 2.24) is 0 Å². The Hall–Kier alpha value is -4.71. The highest BCUT2D eigenvalue weighted by atomic mass is 16.6. The van der Waals surface area contributed by atoms with Gasteiger partial charge in [0.1, 0.15) is 13.2 Å². The van der Waals surface area contributed by atoms with Crippen LogP contribution in [0.2, 0.25) is 0 Å². The van der Waals surface area contributed by atoms with Gasteiger partial charge in [-0.2, -0.15) is 0 Å².